The normalized spacial score (nSPS) is 13.8. The van der Waals surface area contributed by atoms with Gasteiger partial charge in [-0.1, -0.05) is 93.5 Å². The number of halogens is 2. The Balaban J connectivity index is 0.000000245. The summed E-state index contributed by atoms with van der Waals surface area (Å²) in [5.41, 5.74) is 11.1. The monoisotopic (exact) mass is 650 g/mol. The molecule has 0 amide bonds. The van der Waals surface area contributed by atoms with Crippen LogP contribution >= 0.6 is 0 Å². The SMILES string of the molecule is CC(C)(C)c1c[c-]c2c(c1)-c1cc(C(C)(C)C)ccc1C2.[Cl-].[Cl-].[Zr+2]=[C]1CCCCC1.c1cc[c-](-c2ccoc2)c1. The first-order valence-corrected chi connectivity index (χ1v) is 15.2. The minimum atomic E-state index is 0. The van der Waals surface area contributed by atoms with Gasteiger partial charge in [0, 0.05) is 12.5 Å². The first-order chi connectivity index (χ1) is 18.0. The van der Waals surface area contributed by atoms with Crippen molar-refractivity contribution in [1.82, 2.24) is 0 Å². The summed E-state index contributed by atoms with van der Waals surface area (Å²) in [6, 6.07) is 25.2. The molecule has 0 bridgehead atoms. The molecule has 0 aliphatic heterocycles. The van der Waals surface area contributed by atoms with Gasteiger partial charge in [-0.15, -0.1) is 17.7 Å². The van der Waals surface area contributed by atoms with Crippen LogP contribution in [0.5, 0.6) is 0 Å². The average Bonchev–Trinajstić information content (AvgIpc) is 3.64. The molecule has 0 saturated heterocycles. The van der Waals surface area contributed by atoms with Crippen LogP contribution in [0, 0.1) is 6.07 Å². The van der Waals surface area contributed by atoms with Gasteiger partial charge < -0.3 is 29.2 Å². The van der Waals surface area contributed by atoms with Crippen LogP contribution in [0.4, 0.5) is 0 Å². The van der Waals surface area contributed by atoms with Crippen LogP contribution in [0.1, 0.15) is 95.9 Å². The van der Waals surface area contributed by atoms with Gasteiger partial charge in [-0.3, -0.25) is 0 Å². The van der Waals surface area contributed by atoms with Crippen molar-refractivity contribution in [2.75, 3.05) is 0 Å². The molecule has 4 aromatic rings. The summed E-state index contributed by atoms with van der Waals surface area (Å²) < 4.78 is 6.74. The number of hydrogen-bond acceptors (Lipinski definition) is 1. The predicted octanol–water partition coefficient (Wildman–Crippen LogP) is 4.00. The van der Waals surface area contributed by atoms with E-state index in [2.05, 4.69) is 90.1 Å². The van der Waals surface area contributed by atoms with Crippen molar-refractivity contribution in [1.29, 1.82) is 0 Å². The molecule has 0 atom stereocenters. The molecule has 6 rings (SSSR count). The summed E-state index contributed by atoms with van der Waals surface area (Å²) in [6.45, 7) is 13.6. The van der Waals surface area contributed by atoms with Crippen LogP contribution in [0.3, 0.4) is 0 Å². The second-order valence-corrected chi connectivity index (χ2v) is 14.4. The third kappa shape index (κ3) is 9.21. The van der Waals surface area contributed by atoms with E-state index in [1.165, 1.54) is 71.0 Å². The second-order valence-electron chi connectivity index (χ2n) is 12.7. The van der Waals surface area contributed by atoms with E-state index in [0.717, 1.165) is 12.0 Å². The van der Waals surface area contributed by atoms with Crippen LogP contribution in [0.25, 0.3) is 22.3 Å². The molecule has 3 aromatic carbocycles. The third-order valence-electron chi connectivity index (χ3n) is 7.50. The van der Waals surface area contributed by atoms with Crippen LogP contribution in [-0.2, 0) is 41.5 Å². The molecule has 1 fully saturated rings. The summed E-state index contributed by atoms with van der Waals surface area (Å²) in [6.07, 6.45) is 11.8. The van der Waals surface area contributed by atoms with Gasteiger partial charge in [0.1, 0.15) is 0 Å². The maximum atomic E-state index is 4.94. The molecule has 0 spiro atoms. The summed E-state index contributed by atoms with van der Waals surface area (Å²) in [5.74, 6) is 0. The zero-order valence-electron chi connectivity index (χ0n) is 24.8. The summed E-state index contributed by atoms with van der Waals surface area (Å²) in [4.78, 5) is 0. The van der Waals surface area contributed by atoms with E-state index in [9.17, 15) is 0 Å². The molecule has 2 aliphatic rings. The van der Waals surface area contributed by atoms with Crippen LogP contribution in [-0.4, -0.2) is 3.21 Å². The van der Waals surface area contributed by atoms with E-state index >= 15 is 0 Å². The Bertz CT molecular complexity index is 1230. The van der Waals surface area contributed by atoms with Crippen molar-refractivity contribution in [3.63, 3.8) is 0 Å². The van der Waals surface area contributed by atoms with Crippen molar-refractivity contribution in [2.24, 2.45) is 0 Å². The van der Waals surface area contributed by atoms with Crippen LogP contribution in [0.15, 0.2) is 77.6 Å². The quantitative estimate of drug-likeness (QED) is 0.250. The number of furan rings is 1. The summed E-state index contributed by atoms with van der Waals surface area (Å²) in [5, 5.41) is 0. The van der Waals surface area contributed by atoms with E-state index in [4.69, 9.17) is 4.42 Å². The Morgan fingerprint density at radius 2 is 1.43 bits per heavy atom. The number of rotatable bonds is 1. The van der Waals surface area contributed by atoms with Crippen molar-refractivity contribution < 1.29 is 53.5 Å². The standard InChI is InChI=1S/C21H25.C9H7O.C6H10.2ClH.Zr/c1-20(2,3)16-9-7-14-11-15-8-10-17(21(4,5)6)13-19(15)18(14)12-16;1-2-4-8(3-1)9-5-6-10-7-9;1-2-4-6-5-3-1;;;/h7,9-10,12-13H,11H2,1-6H3;1-7H;1-5H2;2*1H;/q2*-1;;;;+2/p-2. The predicted molar refractivity (Wildman–Crippen MR) is 159 cm³/mol. The van der Waals surface area contributed by atoms with Crippen LogP contribution < -0.4 is 24.8 Å². The Labute approximate surface area is 269 Å². The first kappa shape index (κ1) is 34.6. The Hall–Kier alpha value is -1.60. The van der Waals surface area contributed by atoms with Gasteiger partial charge in [0.25, 0.3) is 0 Å². The fraction of sp³-hybridized carbons (Fsp3) is 0.389. The third-order valence-corrected chi connectivity index (χ3v) is 8.73. The smallest absolute Gasteiger partial charge is 0.0471 e. The second kappa shape index (κ2) is 15.0. The Kier molecular flexibility index (Phi) is 13.0. The van der Waals surface area contributed by atoms with Gasteiger partial charge in [0.15, 0.2) is 0 Å². The molecule has 4 heteroatoms. The minimum absolute atomic E-state index is 0. The van der Waals surface area contributed by atoms with Gasteiger partial charge >= 0.3 is 59.5 Å². The Morgan fingerprint density at radius 1 is 0.800 bits per heavy atom. The molecule has 1 saturated carbocycles. The van der Waals surface area contributed by atoms with Crippen molar-refractivity contribution in [3.8, 4) is 22.3 Å². The minimum Gasteiger partial charge on any atom is -0.515 e. The van der Waals surface area contributed by atoms with Crippen molar-refractivity contribution in [3.05, 3.63) is 102 Å². The van der Waals surface area contributed by atoms with Crippen molar-refractivity contribution >= 4 is 3.21 Å². The van der Waals surface area contributed by atoms with Gasteiger partial charge in [-0.05, 0) is 17.4 Å². The maximum Gasteiger partial charge on any atom is 0.0471 e. The molecule has 2 aliphatic carbocycles. The molecule has 1 nitrogen and oxygen atoms in total. The number of hydrogen-bond donors (Lipinski definition) is 0. The van der Waals surface area contributed by atoms with E-state index < -0.39 is 0 Å². The summed E-state index contributed by atoms with van der Waals surface area (Å²) in [7, 11) is 0. The molecule has 40 heavy (non-hydrogen) atoms. The molecule has 212 valence electrons. The van der Waals surface area contributed by atoms with E-state index in [1.54, 1.807) is 40.0 Å². The zero-order valence-corrected chi connectivity index (χ0v) is 28.8. The van der Waals surface area contributed by atoms with Gasteiger partial charge in [0.05, 0.1) is 0 Å². The van der Waals surface area contributed by atoms with Gasteiger partial charge in [-0.25, -0.2) is 0 Å². The van der Waals surface area contributed by atoms with Crippen LogP contribution in [0.2, 0.25) is 0 Å². The molecular formula is C36H42Cl2OZr-2. The molecular weight excluding hydrogens is 611 g/mol. The van der Waals surface area contributed by atoms with E-state index in [0.29, 0.717) is 0 Å². The average molecular weight is 653 g/mol. The molecule has 0 N–H and O–H groups in total. The topological polar surface area (TPSA) is 13.1 Å². The number of fused-ring (bicyclic) bond motifs is 3. The van der Waals surface area contributed by atoms with E-state index in [-0.39, 0.29) is 35.6 Å². The molecule has 1 aromatic heterocycles. The first-order valence-electron chi connectivity index (χ1n) is 14.0. The summed E-state index contributed by atoms with van der Waals surface area (Å²) >= 11 is 1.69. The Morgan fingerprint density at radius 3 is 1.95 bits per heavy atom. The fourth-order valence-corrected chi connectivity index (χ4v) is 5.83. The maximum absolute atomic E-state index is 4.94. The van der Waals surface area contributed by atoms with Gasteiger partial charge in [-0.2, -0.15) is 41.5 Å². The largest absolute Gasteiger partial charge is 0.515 e. The zero-order chi connectivity index (χ0) is 27.3. The van der Waals surface area contributed by atoms with Crippen molar-refractivity contribution in [2.45, 2.75) is 90.9 Å². The fourth-order valence-electron chi connectivity index (χ4n) is 4.96. The van der Waals surface area contributed by atoms with Gasteiger partial charge in [0.2, 0.25) is 0 Å². The van der Waals surface area contributed by atoms with E-state index in [1.807, 2.05) is 18.2 Å². The number of benzene rings is 2. The molecule has 0 unspecified atom stereocenters. The molecule has 1 heterocycles. The molecule has 0 radical (unpaired) electrons.